The Hall–Kier alpha value is -1.42. The lowest BCUT2D eigenvalue weighted by Gasteiger charge is -2.07. The van der Waals surface area contributed by atoms with E-state index in [1.54, 1.807) is 12.3 Å². The van der Waals surface area contributed by atoms with Gasteiger partial charge in [-0.2, -0.15) is 0 Å². The van der Waals surface area contributed by atoms with Crippen LogP contribution in [0, 0.1) is 12.8 Å². The number of hydroxylamine groups is 1. The van der Waals surface area contributed by atoms with Crippen LogP contribution in [0.25, 0.3) is 0 Å². The fourth-order valence-electron chi connectivity index (χ4n) is 1.01. The topological polar surface area (TPSA) is 51.2 Å². The van der Waals surface area contributed by atoms with E-state index in [-0.39, 0.29) is 5.91 Å². The van der Waals surface area contributed by atoms with Gasteiger partial charge in [-0.15, -0.1) is 0 Å². The van der Waals surface area contributed by atoms with Crippen molar-refractivity contribution in [3.8, 4) is 0 Å². The Labute approximate surface area is 89.6 Å². The molecule has 1 aromatic heterocycles. The Morgan fingerprint density at radius 3 is 2.87 bits per heavy atom. The van der Waals surface area contributed by atoms with Gasteiger partial charge in [0.2, 0.25) is 0 Å². The molecule has 0 aliphatic heterocycles. The van der Waals surface area contributed by atoms with Crippen LogP contribution < -0.4 is 5.48 Å². The van der Waals surface area contributed by atoms with Crippen LogP contribution in [-0.4, -0.2) is 17.5 Å². The largest absolute Gasteiger partial charge is 0.276 e. The van der Waals surface area contributed by atoms with Crippen molar-refractivity contribution in [2.75, 3.05) is 6.61 Å². The number of carbonyl (C=O) groups is 1. The van der Waals surface area contributed by atoms with E-state index in [4.69, 9.17) is 4.84 Å². The molecule has 0 aliphatic carbocycles. The van der Waals surface area contributed by atoms with Crippen molar-refractivity contribution >= 4 is 5.91 Å². The number of aryl methyl sites for hydroxylation is 1. The van der Waals surface area contributed by atoms with E-state index in [1.807, 2.05) is 20.8 Å². The maximum absolute atomic E-state index is 11.5. The number of nitrogens with zero attached hydrogens (tertiary/aromatic N) is 1. The van der Waals surface area contributed by atoms with Crippen molar-refractivity contribution in [1.29, 1.82) is 0 Å². The Morgan fingerprint density at radius 2 is 2.27 bits per heavy atom. The molecule has 1 aromatic rings. The highest BCUT2D eigenvalue weighted by Gasteiger charge is 2.05. The first kappa shape index (κ1) is 11.7. The monoisotopic (exact) mass is 208 g/mol. The van der Waals surface area contributed by atoms with E-state index in [1.165, 1.54) is 6.20 Å². The van der Waals surface area contributed by atoms with Crippen LogP contribution >= 0.6 is 0 Å². The zero-order valence-electron chi connectivity index (χ0n) is 9.28. The maximum Gasteiger partial charge on any atom is 0.276 e. The van der Waals surface area contributed by atoms with Crippen molar-refractivity contribution in [3.63, 3.8) is 0 Å². The van der Waals surface area contributed by atoms with Gasteiger partial charge in [0.15, 0.2) is 0 Å². The second kappa shape index (κ2) is 5.46. The number of amides is 1. The zero-order valence-corrected chi connectivity index (χ0v) is 9.28. The van der Waals surface area contributed by atoms with Crippen LogP contribution in [0.15, 0.2) is 18.5 Å². The van der Waals surface area contributed by atoms with Gasteiger partial charge < -0.3 is 0 Å². The molecule has 0 aliphatic rings. The Balaban J connectivity index is 2.47. The molecule has 1 rings (SSSR count). The van der Waals surface area contributed by atoms with Crippen molar-refractivity contribution in [3.05, 3.63) is 29.6 Å². The lowest BCUT2D eigenvalue weighted by atomic mass is 10.2. The van der Waals surface area contributed by atoms with Gasteiger partial charge in [0.05, 0.1) is 12.2 Å². The van der Waals surface area contributed by atoms with Crippen molar-refractivity contribution < 1.29 is 9.63 Å². The molecule has 0 bridgehead atoms. The van der Waals surface area contributed by atoms with E-state index >= 15 is 0 Å². The SMILES string of the molecule is Cc1cncc(C(=O)NOCC(C)C)c1. The van der Waals surface area contributed by atoms with E-state index in [2.05, 4.69) is 10.5 Å². The normalized spacial score (nSPS) is 10.4. The highest BCUT2D eigenvalue weighted by atomic mass is 16.6. The smallest absolute Gasteiger partial charge is 0.273 e. The van der Waals surface area contributed by atoms with Crippen LogP contribution in [-0.2, 0) is 4.84 Å². The molecule has 4 heteroatoms. The van der Waals surface area contributed by atoms with E-state index < -0.39 is 0 Å². The number of nitrogens with one attached hydrogen (secondary N) is 1. The molecule has 0 atom stereocenters. The lowest BCUT2D eigenvalue weighted by molar-refractivity contribution is 0.0208. The Morgan fingerprint density at radius 1 is 1.53 bits per heavy atom. The van der Waals surface area contributed by atoms with Crippen LogP contribution in [0.4, 0.5) is 0 Å². The molecule has 0 radical (unpaired) electrons. The van der Waals surface area contributed by atoms with Crippen molar-refractivity contribution in [1.82, 2.24) is 10.5 Å². The second-order valence-electron chi connectivity index (χ2n) is 3.89. The molecular formula is C11H16N2O2. The molecule has 0 aromatic carbocycles. The molecule has 0 saturated heterocycles. The van der Waals surface area contributed by atoms with Gasteiger partial charge >= 0.3 is 0 Å². The minimum absolute atomic E-state index is 0.258. The average molecular weight is 208 g/mol. The third-order valence-corrected chi connectivity index (χ3v) is 1.72. The van der Waals surface area contributed by atoms with Gasteiger partial charge in [-0.3, -0.25) is 14.6 Å². The molecule has 4 nitrogen and oxygen atoms in total. The van der Waals surface area contributed by atoms with Gasteiger partial charge in [0, 0.05) is 12.4 Å². The number of hydrogen-bond acceptors (Lipinski definition) is 3. The predicted octanol–water partition coefficient (Wildman–Crippen LogP) is 1.71. The number of carbonyl (C=O) groups excluding carboxylic acids is 1. The van der Waals surface area contributed by atoms with Crippen LogP contribution in [0.5, 0.6) is 0 Å². The molecule has 0 spiro atoms. The summed E-state index contributed by atoms with van der Waals surface area (Å²) in [5.41, 5.74) is 3.84. The molecule has 0 saturated carbocycles. The van der Waals surface area contributed by atoms with Gasteiger partial charge in [0.25, 0.3) is 5.91 Å². The third-order valence-electron chi connectivity index (χ3n) is 1.72. The van der Waals surface area contributed by atoms with Crippen LogP contribution in [0.1, 0.15) is 29.8 Å². The predicted molar refractivity (Wildman–Crippen MR) is 57.2 cm³/mol. The quantitative estimate of drug-likeness (QED) is 0.766. The number of hydrogen-bond donors (Lipinski definition) is 1. The molecular weight excluding hydrogens is 192 g/mol. The van der Waals surface area contributed by atoms with Crippen LogP contribution in [0.2, 0.25) is 0 Å². The fourth-order valence-corrected chi connectivity index (χ4v) is 1.01. The Kier molecular flexibility index (Phi) is 4.24. The molecule has 82 valence electrons. The number of rotatable bonds is 4. The molecule has 15 heavy (non-hydrogen) atoms. The summed E-state index contributed by atoms with van der Waals surface area (Å²) < 4.78 is 0. The first-order chi connectivity index (χ1) is 7.09. The van der Waals surface area contributed by atoms with Crippen molar-refractivity contribution in [2.45, 2.75) is 20.8 Å². The Bertz CT molecular complexity index is 337. The number of aromatic nitrogens is 1. The van der Waals surface area contributed by atoms with E-state index in [0.29, 0.717) is 18.1 Å². The minimum atomic E-state index is -0.258. The average Bonchev–Trinajstić information content (AvgIpc) is 2.17. The highest BCUT2D eigenvalue weighted by molar-refractivity contribution is 5.93. The van der Waals surface area contributed by atoms with Gasteiger partial charge in [-0.05, 0) is 24.5 Å². The summed E-state index contributed by atoms with van der Waals surface area (Å²) >= 11 is 0. The second-order valence-corrected chi connectivity index (χ2v) is 3.89. The van der Waals surface area contributed by atoms with Gasteiger partial charge in [0.1, 0.15) is 0 Å². The molecule has 1 amide bonds. The van der Waals surface area contributed by atoms with E-state index in [9.17, 15) is 4.79 Å². The summed E-state index contributed by atoms with van der Waals surface area (Å²) in [5, 5.41) is 0. The van der Waals surface area contributed by atoms with Gasteiger partial charge in [-0.1, -0.05) is 13.8 Å². The van der Waals surface area contributed by atoms with Crippen molar-refractivity contribution in [2.24, 2.45) is 5.92 Å². The summed E-state index contributed by atoms with van der Waals surface area (Å²) in [5.74, 6) is 0.132. The summed E-state index contributed by atoms with van der Waals surface area (Å²) in [7, 11) is 0. The summed E-state index contributed by atoms with van der Waals surface area (Å²) in [4.78, 5) is 20.5. The molecule has 0 unspecified atom stereocenters. The summed E-state index contributed by atoms with van der Waals surface area (Å²) in [6.45, 7) is 6.42. The first-order valence-electron chi connectivity index (χ1n) is 4.93. The minimum Gasteiger partial charge on any atom is -0.273 e. The summed E-state index contributed by atoms with van der Waals surface area (Å²) in [6, 6.07) is 1.76. The third kappa shape index (κ3) is 4.08. The highest BCUT2D eigenvalue weighted by Crippen LogP contribution is 2.01. The van der Waals surface area contributed by atoms with Crippen LogP contribution in [0.3, 0.4) is 0 Å². The number of pyridine rings is 1. The summed E-state index contributed by atoms with van der Waals surface area (Å²) in [6.07, 6.45) is 3.22. The molecule has 1 N–H and O–H groups in total. The van der Waals surface area contributed by atoms with Gasteiger partial charge in [-0.25, -0.2) is 5.48 Å². The lowest BCUT2D eigenvalue weighted by Crippen LogP contribution is -2.25. The molecule has 1 heterocycles. The maximum atomic E-state index is 11.5. The molecule has 0 fully saturated rings. The standard InChI is InChI=1S/C11H16N2O2/c1-8(2)7-15-13-11(14)10-4-9(3)5-12-6-10/h4-6,8H,7H2,1-3H3,(H,13,14). The first-order valence-corrected chi connectivity index (χ1v) is 4.93. The zero-order chi connectivity index (χ0) is 11.3. The fraction of sp³-hybridized carbons (Fsp3) is 0.455. The van der Waals surface area contributed by atoms with E-state index in [0.717, 1.165) is 5.56 Å².